The summed E-state index contributed by atoms with van der Waals surface area (Å²) in [7, 11) is 0. The molecule has 5 rings (SSSR count). The van der Waals surface area contributed by atoms with Gasteiger partial charge < -0.3 is 14.5 Å². The summed E-state index contributed by atoms with van der Waals surface area (Å²) in [5.41, 5.74) is -0.582. The smallest absolute Gasteiger partial charge is 0.410 e. The van der Waals surface area contributed by atoms with Crippen LogP contribution in [0.15, 0.2) is 12.1 Å². The molecule has 0 aromatic carbocycles. The van der Waals surface area contributed by atoms with Gasteiger partial charge in [0, 0.05) is 56.4 Å². The number of aryl methyl sites for hydroxylation is 1. The number of ether oxygens (including phenoxy) is 1. The molecule has 1 atom stereocenters. The third-order valence-electron chi connectivity index (χ3n) is 6.60. The molecule has 4 aliphatic rings. The molecule has 3 amide bonds. The first kappa shape index (κ1) is 18.0. The lowest BCUT2D eigenvalue weighted by atomic mass is 9.83. The van der Waals surface area contributed by atoms with Crippen molar-refractivity contribution < 1.29 is 19.1 Å². The van der Waals surface area contributed by atoms with Crippen LogP contribution in [0, 0.1) is 12.8 Å². The Morgan fingerprint density at radius 3 is 2.50 bits per heavy atom. The number of carbonyl (C=O) groups excluding carboxylic acids is 3. The van der Waals surface area contributed by atoms with Gasteiger partial charge in [-0.2, -0.15) is 0 Å². The van der Waals surface area contributed by atoms with Crippen LogP contribution in [0.4, 0.5) is 4.79 Å². The zero-order chi connectivity index (χ0) is 19.5. The summed E-state index contributed by atoms with van der Waals surface area (Å²) >= 11 is 1.51. The van der Waals surface area contributed by atoms with E-state index in [1.807, 2.05) is 28.9 Å². The SMILES string of the molecule is Cc1ccc(C(=O)N2CCN3C(=O)OC4(CCN(C(=O)C5CC5)CC4)C3C2)s1. The van der Waals surface area contributed by atoms with Crippen LogP contribution in [0.25, 0.3) is 0 Å². The van der Waals surface area contributed by atoms with Gasteiger partial charge in [0.25, 0.3) is 5.91 Å². The topological polar surface area (TPSA) is 70.2 Å². The van der Waals surface area contributed by atoms with Crippen molar-refractivity contribution in [1.82, 2.24) is 14.7 Å². The number of hydrogen-bond acceptors (Lipinski definition) is 5. The zero-order valence-electron chi connectivity index (χ0n) is 16.1. The fraction of sp³-hybridized carbons (Fsp3) is 0.650. The molecule has 1 aliphatic carbocycles. The van der Waals surface area contributed by atoms with Crippen molar-refractivity contribution in [2.24, 2.45) is 5.92 Å². The molecule has 1 aromatic heterocycles. The summed E-state index contributed by atoms with van der Waals surface area (Å²) < 4.78 is 5.89. The van der Waals surface area contributed by atoms with Gasteiger partial charge in [-0.15, -0.1) is 11.3 Å². The standard InChI is InChI=1S/C20H25N3O4S/c1-13-2-5-15(28-13)18(25)22-10-11-23-16(12-22)20(27-19(23)26)6-8-21(9-7-20)17(24)14-3-4-14/h2,5,14,16H,3-4,6-12H2,1H3. The van der Waals surface area contributed by atoms with Gasteiger partial charge in [-0.1, -0.05) is 0 Å². The van der Waals surface area contributed by atoms with E-state index in [-0.39, 0.29) is 29.9 Å². The van der Waals surface area contributed by atoms with Crippen molar-refractivity contribution in [2.75, 3.05) is 32.7 Å². The van der Waals surface area contributed by atoms with Crippen LogP contribution in [0.1, 0.15) is 40.2 Å². The van der Waals surface area contributed by atoms with Gasteiger partial charge in [0.1, 0.15) is 5.60 Å². The van der Waals surface area contributed by atoms with Crippen LogP contribution < -0.4 is 0 Å². The first-order valence-electron chi connectivity index (χ1n) is 10.1. The summed E-state index contributed by atoms with van der Waals surface area (Å²) in [6, 6.07) is 3.71. The van der Waals surface area contributed by atoms with E-state index in [2.05, 4.69) is 0 Å². The van der Waals surface area contributed by atoms with Gasteiger partial charge in [-0.3, -0.25) is 14.5 Å². The molecule has 3 saturated heterocycles. The highest BCUT2D eigenvalue weighted by Crippen LogP contribution is 2.41. The zero-order valence-corrected chi connectivity index (χ0v) is 16.9. The van der Waals surface area contributed by atoms with Crippen molar-refractivity contribution in [3.05, 3.63) is 21.9 Å². The molecule has 8 heteroatoms. The van der Waals surface area contributed by atoms with Crippen molar-refractivity contribution in [1.29, 1.82) is 0 Å². The lowest BCUT2D eigenvalue weighted by Crippen LogP contribution is -2.61. The summed E-state index contributed by atoms with van der Waals surface area (Å²) in [5, 5.41) is 0. The molecule has 1 unspecified atom stereocenters. The van der Waals surface area contributed by atoms with E-state index in [4.69, 9.17) is 4.74 Å². The number of nitrogens with zero attached hydrogens (tertiary/aromatic N) is 3. The van der Waals surface area contributed by atoms with Crippen molar-refractivity contribution in [3.8, 4) is 0 Å². The second-order valence-electron chi connectivity index (χ2n) is 8.40. The number of piperidine rings is 1. The average Bonchev–Trinajstić information content (AvgIpc) is 3.41. The maximum atomic E-state index is 12.9. The maximum absolute atomic E-state index is 12.9. The fourth-order valence-corrected chi connectivity index (χ4v) is 5.61. The quantitative estimate of drug-likeness (QED) is 0.758. The normalized spacial score (nSPS) is 26.4. The number of thiophene rings is 1. The molecule has 0 N–H and O–H groups in total. The predicted octanol–water partition coefficient (Wildman–Crippen LogP) is 2.10. The summed E-state index contributed by atoms with van der Waals surface area (Å²) in [6.45, 7) is 4.79. The Morgan fingerprint density at radius 1 is 1.11 bits per heavy atom. The number of amides is 3. The van der Waals surface area contributed by atoms with Crippen molar-refractivity contribution >= 4 is 29.2 Å². The van der Waals surface area contributed by atoms with E-state index >= 15 is 0 Å². The van der Waals surface area contributed by atoms with Crippen LogP contribution in [-0.4, -0.2) is 77.0 Å². The first-order valence-corrected chi connectivity index (χ1v) is 10.9. The Hall–Kier alpha value is -2.09. The van der Waals surface area contributed by atoms with E-state index in [0.717, 1.165) is 22.6 Å². The number of carbonyl (C=O) groups is 3. The molecular formula is C20H25N3O4S. The first-order chi connectivity index (χ1) is 13.5. The van der Waals surface area contributed by atoms with Crippen LogP contribution in [0.2, 0.25) is 0 Å². The molecule has 1 saturated carbocycles. The fourth-order valence-electron chi connectivity index (χ4n) is 4.77. The number of likely N-dealkylation sites (tertiary alicyclic amines) is 1. The number of hydrogen-bond donors (Lipinski definition) is 0. The molecule has 4 heterocycles. The molecule has 1 aromatic rings. The highest BCUT2D eigenvalue weighted by molar-refractivity contribution is 7.13. The van der Waals surface area contributed by atoms with E-state index in [1.54, 1.807) is 4.90 Å². The number of rotatable bonds is 2. The van der Waals surface area contributed by atoms with Gasteiger partial charge in [0.05, 0.1) is 10.9 Å². The third kappa shape index (κ3) is 2.89. The van der Waals surface area contributed by atoms with E-state index in [1.165, 1.54) is 11.3 Å². The third-order valence-corrected chi connectivity index (χ3v) is 7.59. The number of piperazine rings is 1. The predicted molar refractivity (Wildman–Crippen MR) is 103 cm³/mol. The van der Waals surface area contributed by atoms with Gasteiger partial charge in [-0.25, -0.2) is 4.79 Å². The molecule has 28 heavy (non-hydrogen) atoms. The summed E-state index contributed by atoms with van der Waals surface area (Å²) in [6.07, 6.45) is 3.04. The monoisotopic (exact) mass is 403 g/mol. The number of fused-ring (bicyclic) bond motifs is 2. The molecule has 150 valence electrons. The molecule has 0 bridgehead atoms. The van der Waals surface area contributed by atoms with Gasteiger partial charge >= 0.3 is 6.09 Å². The average molecular weight is 404 g/mol. The van der Waals surface area contributed by atoms with Crippen molar-refractivity contribution in [3.63, 3.8) is 0 Å². The molecule has 7 nitrogen and oxygen atoms in total. The van der Waals surface area contributed by atoms with Crippen LogP contribution >= 0.6 is 11.3 Å². The Kier molecular flexibility index (Phi) is 4.15. The second-order valence-corrected chi connectivity index (χ2v) is 9.69. The Balaban J connectivity index is 1.31. The van der Waals surface area contributed by atoms with Gasteiger partial charge in [0.2, 0.25) is 5.91 Å². The maximum Gasteiger partial charge on any atom is 0.410 e. The largest absolute Gasteiger partial charge is 0.440 e. The second kappa shape index (κ2) is 6.47. The van der Waals surface area contributed by atoms with E-state index in [9.17, 15) is 14.4 Å². The minimum Gasteiger partial charge on any atom is -0.440 e. The summed E-state index contributed by atoms with van der Waals surface area (Å²) in [5.74, 6) is 0.506. The molecule has 1 spiro atoms. The molecule has 3 aliphatic heterocycles. The van der Waals surface area contributed by atoms with E-state index < -0.39 is 5.60 Å². The minimum atomic E-state index is -0.582. The van der Waals surface area contributed by atoms with Crippen LogP contribution in [0.5, 0.6) is 0 Å². The Bertz CT molecular complexity index is 825. The van der Waals surface area contributed by atoms with Crippen LogP contribution in [0.3, 0.4) is 0 Å². The molecule has 0 radical (unpaired) electrons. The van der Waals surface area contributed by atoms with Crippen LogP contribution in [-0.2, 0) is 9.53 Å². The van der Waals surface area contributed by atoms with E-state index in [0.29, 0.717) is 45.6 Å². The molecular weight excluding hydrogens is 378 g/mol. The highest BCUT2D eigenvalue weighted by Gasteiger charge is 2.57. The van der Waals surface area contributed by atoms with Crippen molar-refractivity contribution in [2.45, 2.75) is 44.2 Å². The van der Waals surface area contributed by atoms with Gasteiger partial charge in [0.15, 0.2) is 0 Å². The summed E-state index contributed by atoms with van der Waals surface area (Å²) in [4.78, 5) is 45.2. The Labute approximate surface area is 168 Å². The molecule has 4 fully saturated rings. The lowest BCUT2D eigenvalue weighted by molar-refractivity contribution is -0.136. The minimum absolute atomic E-state index is 0.0357. The Morgan fingerprint density at radius 2 is 1.86 bits per heavy atom. The highest BCUT2D eigenvalue weighted by atomic mass is 32.1. The van der Waals surface area contributed by atoms with Gasteiger partial charge in [-0.05, 0) is 31.9 Å². The lowest BCUT2D eigenvalue weighted by Gasteiger charge is -2.45.